The lowest BCUT2D eigenvalue weighted by atomic mass is 10.1. The summed E-state index contributed by atoms with van der Waals surface area (Å²) in [7, 11) is 1.64. The molecule has 0 saturated carbocycles. The summed E-state index contributed by atoms with van der Waals surface area (Å²) in [6.07, 6.45) is -0.106. The lowest BCUT2D eigenvalue weighted by Gasteiger charge is -2.29. The van der Waals surface area contributed by atoms with Gasteiger partial charge in [0.1, 0.15) is 18.4 Å². The molecule has 0 bridgehead atoms. The molecule has 1 heterocycles. The van der Waals surface area contributed by atoms with Crippen molar-refractivity contribution in [2.24, 2.45) is 0 Å². The minimum atomic E-state index is -0.287. The van der Waals surface area contributed by atoms with E-state index in [2.05, 4.69) is 10.6 Å². The Morgan fingerprint density at radius 2 is 2.14 bits per heavy atom. The fourth-order valence-corrected chi connectivity index (χ4v) is 2.27. The zero-order chi connectivity index (χ0) is 15.8. The van der Waals surface area contributed by atoms with E-state index in [1.54, 1.807) is 7.11 Å². The normalized spacial score (nSPS) is 21.4. The third-order valence-corrected chi connectivity index (χ3v) is 3.55. The van der Waals surface area contributed by atoms with Gasteiger partial charge in [-0.15, -0.1) is 0 Å². The lowest BCUT2D eigenvalue weighted by Crippen LogP contribution is -2.55. The largest absolute Gasteiger partial charge is 0.491 e. The molecule has 6 heteroatoms. The van der Waals surface area contributed by atoms with Gasteiger partial charge in [-0.3, -0.25) is 4.79 Å². The molecule has 22 heavy (non-hydrogen) atoms. The van der Waals surface area contributed by atoms with Gasteiger partial charge in [-0.25, -0.2) is 0 Å². The number of ether oxygens (including phenoxy) is 3. The van der Waals surface area contributed by atoms with Gasteiger partial charge in [-0.1, -0.05) is 12.1 Å². The van der Waals surface area contributed by atoms with Crippen molar-refractivity contribution >= 4 is 5.91 Å². The van der Waals surface area contributed by atoms with E-state index in [1.807, 2.05) is 31.2 Å². The Hall–Kier alpha value is -1.63. The molecule has 0 unspecified atom stereocenters. The van der Waals surface area contributed by atoms with Crippen LogP contribution in [0.1, 0.15) is 12.5 Å². The minimum Gasteiger partial charge on any atom is -0.491 e. The van der Waals surface area contributed by atoms with E-state index in [4.69, 9.17) is 14.2 Å². The van der Waals surface area contributed by atoms with E-state index < -0.39 is 0 Å². The monoisotopic (exact) mass is 308 g/mol. The molecule has 1 saturated heterocycles. The van der Waals surface area contributed by atoms with Crippen LogP contribution in [-0.2, 0) is 20.8 Å². The van der Waals surface area contributed by atoms with Crippen molar-refractivity contribution < 1.29 is 19.0 Å². The van der Waals surface area contributed by atoms with Gasteiger partial charge in [-0.05, 0) is 24.6 Å². The molecule has 1 amide bonds. The highest BCUT2D eigenvalue weighted by Gasteiger charge is 2.27. The van der Waals surface area contributed by atoms with Gasteiger partial charge in [0.25, 0.3) is 0 Å². The molecule has 1 aliphatic heterocycles. The predicted octanol–water partition coefficient (Wildman–Crippen LogP) is 0.705. The minimum absolute atomic E-state index is 0.0346. The number of hydrogen-bond acceptors (Lipinski definition) is 5. The highest BCUT2D eigenvalue weighted by atomic mass is 16.5. The number of hydrogen-bond donors (Lipinski definition) is 2. The quantitative estimate of drug-likeness (QED) is 0.726. The topological polar surface area (TPSA) is 68.8 Å². The third kappa shape index (κ3) is 4.98. The highest BCUT2D eigenvalue weighted by molar-refractivity contribution is 5.82. The van der Waals surface area contributed by atoms with Crippen molar-refractivity contribution in [3.8, 4) is 5.75 Å². The Morgan fingerprint density at radius 1 is 1.36 bits per heavy atom. The molecule has 0 aromatic heterocycles. The molecule has 0 aliphatic carbocycles. The maximum atomic E-state index is 12.1. The zero-order valence-electron chi connectivity index (χ0n) is 13.1. The first kappa shape index (κ1) is 16.7. The molecule has 6 nitrogen and oxygen atoms in total. The second-order valence-electron chi connectivity index (χ2n) is 5.21. The number of rotatable bonds is 7. The number of carbonyl (C=O) groups excluding carboxylic acids is 1. The summed E-state index contributed by atoms with van der Waals surface area (Å²) < 4.78 is 15.9. The van der Waals surface area contributed by atoms with E-state index >= 15 is 0 Å². The summed E-state index contributed by atoms with van der Waals surface area (Å²) in [5.74, 6) is 0.760. The molecule has 1 fully saturated rings. The highest BCUT2D eigenvalue weighted by Crippen LogP contribution is 2.12. The van der Waals surface area contributed by atoms with Crippen molar-refractivity contribution in [2.45, 2.75) is 25.6 Å². The van der Waals surface area contributed by atoms with Gasteiger partial charge in [0.2, 0.25) is 5.91 Å². The van der Waals surface area contributed by atoms with Gasteiger partial charge in [0, 0.05) is 20.2 Å². The summed E-state index contributed by atoms with van der Waals surface area (Å²) in [6.45, 7) is 4.83. The van der Waals surface area contributed by atoms with Crippen molar-refractivity contribution in [1.29, 1.82) is 0 Å². The Morgan fingerprint density at radius 3 is 2.82 bits per heavy atom. The van der Waals surface area contributed by atoms with Gasteiger partial charge >= 0.3 is 0 Å². The third-order valence-electron chi connectivity index (χ3n) is 3.55. The second kappa shape index (κ2) is 8.73. The van der Waals surface area contributed by atoms with Crippen LogP contribution in [0.25, 0.3) is 0 Å². The van der Waals surface area contributed by atoms with Gasteiger partial charge in [0.15, 0.2) is 0 Å². The van der Waals surface area contributed by atoms with E-state index in [0.717, 1.165) is 11.3 Å². The molecular weight excluding hydrogens is 284 g/mol. The van der Waals surface area contributed by atoms with Crippen LogP contribution in [-0.4, -0.2) is 51.5 Å². The number of morpholine rings is 1. The lowest BCUT2D eigenvalue weighted by molar-refractivity contribution is -0.129. The van der Waals surface area contributed by atoms with Crippen LogP contribution in [0.15, 0.2) is 24.3 Å². The predicted molar refractivity (Wildman–Crippen MR) is 82.9 cm³/mol. The summed E-state index contributed by atoms with van der Waals surface area (Å²) in [6, 6.07) is 7.38. The van der Waals surface area contributed by atoms with Crippen LogP contribution < -0.4 is 15.4 Å². The fraction of sp³-hybridized carbons (Fsp3) is 0.562. The maximum Gasteiger partial charge on any atom is 0.240 e. The van der Waals surface area contributed by atoms with Crippen LogP contribution in [0.3, 0.4) is 0 Å². The smallest absolute Gasteiger partial charge is 0.240 e. The van der Waals surface area contributed by atoms with E-state index in [9.17, 15) is 4.79 Å². The zero-order valence-corrected chi connectivity index (χ0v) is 13.1. The first-order chi connectivity index (χ1) is 10.7. The van der Waals surface area contributed by atoms with Crippen molar-refractivity contribution in [3.05, 3.63) is 29.8 Å². The molecule has 1 aliphatic rings. The number of nitrogens with one attached hydrogen (secondary N) is 2. The van der Waals surface area contributed by atoms with E-state index in [0.29, 0.717) is 32.9 Å². The van der Waals surface area contributed by atoms with Gasteiger partial charge < -0.3 is 24.8 Å². The summed E-state index contributed by atoms with van der Waals surface area (Å²) in [5, 5.41) is 6.10. The first-order valence-electron chi connectivity index (χ1n) is 7.54. The Kier molecular flexibility index (Phi) is 6.64. The molecule has 2 rings (SSSR count). The molecule has 0 spiro atoms. The first-order valence-corrected chi connectivity index (χ1v) is 7.54. The average Bonchev–Trinajstić information content (AvgIpc) is 2.54. The number of methoxy groups -OCH3 is 1. The van der Waals surface area contributed by atoms with Gasteiger partial charge in [0.05, 0.1) is 19.3 Å². The SMILES string of the molecule is COCCOc1ccc(CNC(=O)[C@H]2NCCO[C@@H]2C)cc1. The van der Waals surface area contributed by atoms with Gasteiger partial charge in [-0.2, -0.15) is 0 Å². The molecule has 2 atom stereocenters. The fourth-order valence-electron chi connectivity index (χ4n) is 2.27. The van der Waals surface area contributed by atoms with Crippen LogP contribution >= 0.6 is 0 Å². The Labute approximate surface area is 131 Å². The number of carbonyl (C=O) groups is 1. The molecule has 1 aromatic rings. The van der Waals surface area contributed by atoms with Crippen molar-refractivity contribution in [1.82, 2.24) is 10.6 Å². The molecular formula is C16H24N2O4. The van der Waals surface area contributed by atoms with Crippen molar-refractivity contribution in [3.63, 3.8) is 0 Å². The van der Waals surface area contributed by atoms with Crippen LogP contribution in [0.5, 0.6) is 5.75 Å². The average molecular weight is 308 g/mol. The Balaban J connectivity index is 1.77. The van der Waals surface area contributed by atoms with Crippen LogP contribution in [0, 0.1) is 0 Å². The molecule has 0 radical (unpaired) electrons. The summed E-state index contributed by atoms with van der Waals surface area (Å²) >= 11 is 0. The molecule has 2 N–H and O–H groups in total. The summed E-state index contributed by atoms with van der Waals surface area (Å²) in [5.41, 5.74) is 1.02. The van der Waals surface area contributed by atoms with Crippen LogP contribution in [0.4, 0.5) is 0 Å². The standard InChI is InChI=1S/C16H24N2O4/c1-12-15(17-7-8-21-12)16(19)18-11-13-3-5-14(6-4-13)22-10-9-20-2/h3-6,12,15,17H,7-11H2,1-2H3,(H,18,19)/t12-,15+/m1/s1. The Bertz CT molecular complexity index is 464. The number of amides is 1. The van der Waals surface area contributed by atoms with Crippen LogP contribution in [0.2, 0.25) is 0 Å². The molecule has 122 valence electrons. The molecule has 1 aromatic carbocycles. The van der Waals surface area contributed by atoms with E-state index in [-0.39, 0.29) is 18.1 Å². The second-order valence-corrected chi connectivity index (χ2v) is 5.21. The maximum absolute atomic E-state index is 12.1. The summed E-state index contributed by atoms with van der Waals surface area (Å²) in [4.78, 5) is 12.1. The van der Waals surface area contributed by atoms with E-state index in [1.165, 1.54) is 0 Å². The number of benzene rings is 1. The van der Waals surface area contributed by atoms with Crippen molar-refractivity contribution in [2.75, 3.05) is 33.5 Å².